The zero-order valence-corrected chi connectivity index (χ0v) is 11.1. The molecule has 0 fully saturated rings. The minimum atomic E-state index is -0.597. The first-order chi connectivity index (χ1) is 9.92. The Hall–Kier alpha value is -2.94. The molecule has 0 saturated carbocycles. The number of nitrogens with one attached hydrogen (secondary N) is 2. The van der Waals surface area contributed by atoms with Crippen molar-refractivity contribution < 1.29 is 4.92 Å². The van der Waals surface area contributed by atoms with Crippen LogP contribution in [0.3, 0.4) is 0 Å². The van der Waals surface area contributed by atoms with Gasteiger partial charge >= 0.3 is 5.69 Å². The third kappa shape index (κ3) is 2.98. The van der Waals surface area contributed by atoms with Gasteiger partial charge in [-0.2, -0.15) is 0 Å². The number of non-ortho nitro benzene ring substituents is 1. The molecular formula is C12H13N5O4. The zero-order valence-electron chi connectivity index (χ0n) is 11.1. The van der Waals surface area contributed by atoms with E-state index < -0.39 is 16.2 Å². The highest BCUT2D eigenvalue weighted by atomic mass is 16.6. The fraction of sp³-hybridized carbons (Fsp3) is 0.167. The van der Waals surface area contributed by atoms with Crippen LogP contribution in [-0.4, -0.2) is 14.5 Å². The van der Waals surface area contributed by atoms with Crippen LogP contribution in [0.2, 0.25) is 0 Å². The van der Waals surface area contributed by atoms with Crippen molar-refractivity contribution in [1.29, 1.82) is 0 Å². The topological polar surface area (TPSA) is 136 Å². The van der Waals surface area contributed by atoms with Crippen LogP contribution in [0.25, 0.3) is 0 Å². The van der Waals surface area contributed by atoms with Crippen molar-refractivity contribution >= 4 is 11.4 Å². The van der Waals surface area contributed by atoms with Crippen molar-refractivity contribution in [3.8, 4) is 0 Å². The number of nitrogens with zero attached hydrogens (tertiary/aromatic N) is 2. The summed E-state index contributed by atoms with van der Waals surface area (Å²) in [5.74, 6) is 5.36. The molecule has 1 aromatic carbocycles. The van der Waals surface area contributed by atoms with Gasteiger partial charge in [-0.3, -0.25) is 30.3 Å². The van der Waals surface area contributed by atoms with Crippen LogP contribution in [0.1, 0.15) is 11.1 Å². The number of nitro groups is 1. The van der Waals surface area contributed by atoms with E-state index in [1.54, 1.807) is 6.92 Å². The Kier molecular flexibility index (Phi) is 3.85. The molecule has 0 amide bonds. The van der Waals surface area contributed by atoms with Crippen molar-refractivity contribution in [2.24, 2.45) is 5.84 Å². The van der Waals surface area contributed by atoms with E-state index in [9.17, 15) is 19.7 Å². The molecule has 0 aliphatic rings. The Labute approximate surface area is 118 Å². The molecule has 1 heterocycles. The summed E-state index contributed by atoms with van der Waals surface area (Å²) in [5, 5.41) is 10.8. The molecule has 0 unspecified atom stereocenters. The van der Waals surface area contributed by atoms with Crippen LogP contribution in [0, 0.1) is 17.0 Å². The van der Waals surface area contributed by atoms with Gasteiger partial charge in [0.1, 0.15) is 0 Å². The molecule has 9 nitrogen and oxygen atoms in total. The molecule has 0 bridgehead atoms. The molecule has 2 aromatic rings. The van der Waals surface area contributed by atoms with Crippen molar-refractivity contribution in [2.45, 2.75) is 13.5 Å². The highest BCUT2D eigenvalue weighted by Gasteiger charge is 2.12. The maximum atomic E-state index is 11.7. The molecule has 0 aliphatic carbocycles. The maximum Gasteiger partial charge on any atom is 0.328 e. The Balaban J connectivity index is 2.50. The molecule has 1 aromatic heterocycles. The Morgan fingerprint density at radius 3 is 2.76 bits per heavy atom. The summed E-state index contributed by atoms with van der Waals surface area (Å²) in [7, 11) is 0. The lowest BCUT2D eigenvalue weighted by atomic mass is 10.1. The molecule has 0 saturated heterocycles. The summed E-state index contributed by atoms with van der Waals surface area (Å²) in [6.07, 6.45) is 1.39. The zero-order chi connectivity index (χ0) is 15.6. The summed E-state index contributed by atoms with van der Waals surface area (Å²) in [6.45, 7) is 1.60. The highest BCUT2D eigenvalue weighted by molar-refractivity contribution is 5.55. The van der Waals surface area contributed by atoms with Crippen LogP contribution >= 0.6 is 0 Å². The van der Waals surface area contributed by atoms with Crippen molar-refractivity contribution in [1.82, 2.24) is 9.55 Å². The van der Waals surface area contributed by atoms with Gasteiger partial charge in [0.05, 0.1) is 17.2 Å². The fourth-order valence-corrected chi connectivity index (χ4v) is 1.88. The fourth-order valence-electron chi connectivity index (χ4n) is 1.88. The normalized spacial score (nSPS) is 10.4. The lowest BCUT2D eigenvalue weighted by Crippen LogP contribution is -2.31. The second kappa shape index (κ2) is 5.59. The third-order valence-electron chi connectivity index (χ3n) is 2.98. The Morgan fingerprint density at radius 1 is 1.43 bits per heavy atom. The average molecular weight is 291 g/mol. The first-order valence-electron chi connectivity index (χ1n) is 5.96. The summed E-state index contributed by atoms with van der Waals surface area (Å²) in [4.78, 5) is 35.5. The number of anilines is 1. The molecule has 0 aliphatic heterocycles. The van der Waals surface area contributed by atoms with Crippen LogP contribution in [-0.2, 0) is 6.54 Å². The van der Waals surface area contributed by atoms with Crippen LogP contribution in [0.15, 0.2) is 34.0 Å². The number of hydrogen-bond acceptors (Lipinski definition) is 6. The number of aryl methyl sites for hydroxylation is 1. The van der Waals surface area contributed by atoms with Gasteiger partial charge in [0.25, 0.3) is 11.2 Å². The largest absolute Gasteiger partial charge is 0.328 e. The van der Waals surface area contributed by atoms with Crippen molar-refractivity contribution in [3.63, 3.8) is 0 Å². The van der Waals surface area contributed by atoms with Gasteiger partial charge in [0, 0.05) is 29.5 Å². The van der Waals surface area contributed by atoms with Crippen LogP contribution < -0.4 is 22.5 Å². The number of benzene rings is 1. The van der Waals surface area contributed by atoms with E-state index in [0.717, 1.165) is 0 Å². The molecule has 9 heteroatoms. The van der Waals surface area contributed by atoms with Crippen molar-refractivity contribution in [3.05, 3.63) is 66.5 Å². The molecule has 2 rings (SSSR count). The van der Waals surface area contributed by atoms with Gasteiger partial charge in [0.2, 0.25) is 0 Å². The third-order valence-corrected chi connectivity index (χ3v) is 2.98. The SMILES string of the molecule is Cc1cn(Cc2cc([N+](=O)[O-])ccc2NN)c(=O)[nH]c1=O. The van der Waals surface area contributed by atoms with E-state index in [-0.39, 0.29) is 12.2 Å². The van der Waals surface area contributed by atoms with Crippen LogP contribution in [0.5, 0.6) is 0 Å². The Bertz CT molecular complexity index is 808. The minimum absolute atomic E-state index is 0.0394. The maximum absolute atomic E-state index is 11.7. The first-order valence-corrected chi connectivity index (χ1v) is 5.96. The number of aromatic amines is 1. The van der Waals surface area contributed by atoms with E-state index in [2.05, 4.69) is 10.4 Å². The number of nitrogen functional groups attached to an aromatic ring is 1. The quantitative estimate of drug-likeness (QED) is 0.415. The summed E-state index contributed by atoms with van der Waals surface area (Å²) in [6, 6.07) is 4.08. The molecule has 21 heavy (non-hydrogen) atoms. The number of hydrazine groups is 1. The van der Waals surface area contributed by atoms with E-state index >= 15 is 0 Å². The predicted molar refractivity (Wildman–Crippen MR) is 76.1 cm³/mol. The van der Waals surface area contributed by atoms with Gasteiger partial charge in [-0.25, -0.2) is 4.79 Å². The van der Waals surface area contributed by atoms with E-state index in [4.69, 9.17) is 5.84 Å². The monoisotopic (exact) mass is 291 g/mol. The lowest BCUT2D eigenvalue weighted by molar-refractivity contribution is -0.384. The molecule has 0 spiro atoms. The Morgan fingerprint density at radius 2 is 2.14 bits per heavy atom. The minimum Gasteiger partial charge on any atom is -0.324 e. The van der Waals surface area contributed by atoms with Gasteiger partial charge < -0.3 is 5.43 Å². The first kappa shape index (κ1) is 14.5. The van der Waals surface area contributed by atoms with Crippen molar-refractivity contribution in [2.75, 3.05) is 5.43 Å². The van der Waals surface area contributed by atoms with Gasteiger partial charge in [-0.15, -0.1) is 0 Å². The molecule has 110 valence electrons. The number of aromatic nitrogens is 2. The molecule has 0 radical (unpaired) electrons. The summed E-state index contributed by atoms with van der Waals surface area (Å²) < 4.78 is 1.25. The summed E-state index contributed by atoms with van der Waals surface area (Å²) in [5.41, 5.74) is 2.52. The molecule has 0 atom stereocenters. The lowest BCUT2D eigenvalue weighted by Gasteiger charge is -2.10. The number of nitro benzene ring substituents is 1. The van der Waals surface area contributed by atoms with E-state index in [1.165, 1.54) is 29.0 Å². The number of hydrogen-bond donors (Lipinski definition) is 3. The molecule has 4 N–H and O–H groups in total. The predicted octanol–water partition coefficient (Wildman–Crippen LogP) is 0.0871. The second-order valence-electron chi connectivity index (χ2n) is 4.44. The van der Waals surface area contributed by atoms with Crippen LogP contribution in [0.4, 0.5) is 11.4 Å². The number of nitrogens with two attached hydrogens (primary N) is 1. The highest BCUT2D eigenvalue weighted by Crippen LogP contribution is 2.21. The second-order valence-corrected chi connectivity index (χ2v) is 4.44. The van der Waals surface area contributed by atoms with E-state index in [1.807, 2.05) is 0 Å². The van der Waals surface area contributed by atoms with Gasteiger partial charge in [-0.05, 0) is 13.0 Å². The standard InChI is InChI=1S/C12H13N5O4/c1-7-5-16(12(19)14-11(7)18)6-8-4-9(17(20)21)2-3-10(8)15-13/h2-5,15H,6,13H2,1H3,(H,14,18,19). The van der Waals surface area contributed by atoms with Gasteiger partial charge in [-0.1, -0.05) is 0 Å². The number of H-pyrrole nitrogens is 1. The number of rotatable bonds is 4. The molecular weight excluding hydrogens is 278 g/mol. The van der Waals surface area contributed by atoms with Gasteiger partial charge in [0.15, 0.2) is 0 Å². The summed E-state index contributed by atoms with van der Waals surface area (Å²) >= 11 is 0. The smallest absolute Gasteiger partial charge is 0.324 e. The van der Waals surface area contributed by atoms with E-state index in [0.29, 0.717) is 16.8 Å². The average Bonchev–Trinajstić information content (AvgIpc) is 2.44.